The number of anilines is 1. The molecular weight excluding hydrogens is 284 g/mol. The smallest absolute Gasteiger partial charge is 0.407 e. The number of rotatable bonds is 5. The number of nitrogens with one attached hydrogen (secondary N) is 2. The fourth-order valence-electron chi connectivity index (χ4n) is 1.72. The normalized spacial score (nSPS) is 10.8. The molecule has 0 heterocycles. The number of aryl methyl sites for hydroxylation is 1. The Labute approximate surface area is 131 Å². The van der Waals surface area contributed by atoms with E-state index in [1.165, 1.54) is 0 Å². The third-order valence-electron chi connectivity index (χ3n) is 2.65. The third-order valence-corrected chi connectivity index (χ3v) is 2.65. The predicted molar refractivity (Wildman–Crippen MR) is 85.2 cm³/mol. The summed E-state index contributed by atoms with van der Waals surface area (Å²) in [5.74, 6) is 0.388. The van der Waals surface area contributed by atoms with Crippen LogP contribution in [-0.4, -0.2) is 31.3 Å². The van der Waals surface area contributed by atoms with Gasteiger partial charge in [-0.1, -0.05) is 6.07 Å². The summed E-state index contributed by atoms with van der Waals surface area (Å²) in [6, 6.07) is 5.53. The minimum Gasteiger partial charge on any atom is -0.495 e. The van der Waals surface area contributed by atoms with E-state index in [0.717, 1.165) is 5.56 Å². The van der Waals surface area contributed by atoms with Gasteiger partial charge in [0.15, 0.2) is 0 Å². The molecule has 0 saturated carbocycles. The SMILES string of the molecule is COc1ccc(C)cc1NC(=O)CCNC(=O)OC(C)(C)C. The Bertz CT molecular complexity index is 535. The van der Waals surface area contributed by atoms with Crippen molar-refractivity contribution < 1.29 is 19.1 Å². The van der Waals surface area contributed by atoms with Crippen LogP contribution in [0.15, 0.2) is 18.2 Å². The zero-order valence-corrected chi connectivity index (χ0v) is 13.8. The molecule has 0 aliphatic heterocycles. The van der Waals surface area contributed by atoms with Crippen molar-refractivity contribution in [1.29, 1.82) is 0 Å². The van der Waals surface area contributed by atoms with Crippen LogP contribution in [0.3, 0.4) is 0 Å². The summed E-state index contributed by atoms with van der Waals surface area (Å²) in [7, 11) is 1.55. The molecule has 0 aliphatic carbocycles. The summed E-state index contributed by atoms with van der Waals surface area (Å²) in [4.78, 5) is 23.4. The van der Waals surface area contributed by atoms with E-state index in [9.17, 15) is 9.59 Å². The number of benzene rings is 1. The van der Waals surface area contributed by atoms with E-state index in [2.05, 4.69) is 10.6 Å². The van der Waals surface area contributed by atoms with Crippen molar-refractivity contribution in [2.75, 3.05) is 19.0 Å². The molecule has 0 unspecified atom stereocenters. The van der Waals surface area contributed by atoms with E-state index >= 15 is 0 Å². The van der Waals surface area contributed by atoms with E-state index < -0.39 is 11.7 Å². The maximum atomic E-state index is 11.9. The second kappa shape index (κ2) is 7.68. The first kappa shape index (κ1) is 17.8. The molecule has 0 aromatic heterocycles. The molecule has 2 amide bonds. The van der Waals surface area contributed by atoms with Crippen molar-refractivity contribution in [3.05, 3.63) is 23.8 Å². The van der Waals surface area contributed by atoms with Crippen LogP contribution >= 0.6 is 0 Å². The summed E-state index contributed by atoms with van der Waals surface area (Å²) < 4.78 is 10.3. The molecule has 6 heteroatoms. The highest BCUT2D eigenvalue weighted by atomic mass is 16.6. The van der Waals surface area contributed by atoms with Gasteiger partial charge in [0.25, 0.3) is 0 Å². The first-order valence-electron chi connectivity index (χ1n) is 7.12. The Morgan fingerprint density at radius 2 is 1.91 bits per heavy atom. The number of hydrogen-bond donors (Lipinski definition) is 2. The molecule has 0 saturated heterocycles. The maximum absolute atomic E-state index is 11.9. The number of carbonyl (C=O) groups is 2. The van der Waals surface area contributed by atoms with E-state index in [4.69, 9.17) is 9.47 Å². The van der Waals surface area contributed by atoms with Crippen molar-refractivity contribution in [3.63, 3.8) is 0 Å². The number of alkyl carbamates (subject to hydrolysis) is 1. The van der Waals surface area contributed by atoms with Gasteiger partial charge in [-0.05, 0) is 45.4 Å². The molecule has 1 aromatic carbocycles. The zero-order valence-electron chi connectivity index (χ0n) is 13.8. The molecule has 122 valence electrons. The predicted octanol–water partition coefficient (Wildman–Crippen LogP) is 2.86. The fraction of sp³-hybridized carbons (Fsp3) is 0.500. The van der Waals surface area contributed by atoms with E-state index in [-0.39, 0.29) is 18.9 Å². The summed E-state index contributed by atoms with van der Waals surface area (Å²) in [5, 5.41) is 5.31. The van der Waals surface area contributed by atoms with Crippen LogP contribution in [0, 0.1) is 6.92 Å². The average Bonchev–Trinajstić information content (AvgIpc) is 2.36. The Morgan fingerprint density at radius 3 is 2.50 bits per heavy atom. The second-order valence-corrected chi connectivity index (χ2v) is 5.93. The van der Waals surface area contributed by atoms with E-state index in [1.54, 1.807) is 33.9 Å². The lowest BCUT2D eigenvalue weighted by molar-refractivity contribution is -0.116. The molecule has 0 bridgehead atoms. The molecule has 2 N–H and O–H groups in total. The molecular formula is C16H24N2O4. The van der Waals surface area contributed by atoms with Gasteiger partial charge in [0, 0.05) is 13.0 Å². The fourth-order valence-corrected chi connectivity index (χ4v) is 1.72. The van der Waals surface area contributed by atoms with Crippen molar-refractivity contribution in [3.8, 4) is 5.75 Å². The lowest BCUT2D eigenvalue weighted by Gasteiger charge is -2.19. The molecule has 0 atom stereocenters. The van der Waals surface area contributed by atoms with E-state index in [0.29, 0.717) is 11.4 Å². The van der Waals surface area contributed by atoms with Crippen LogP contribution in [-0.2, 0) is 9.53 Å². The van der Waals surface area contributed by atoms with Crippen LogP contribution in [0.1, 0.15) is 32.8 Å². The first-order valence-corrected chi connectivity index (χ1v) is 7.12. The van der Waals surface area contributed by atoms with Crippen LogP contribution < -0.4 is 15.4 Å². The van der Waals surface area contributed by atoms with Gasteiger partial charge in [0.05, 0.1) is 12.8 Å². The molecule has 1 rings (SSSR count). The van der Waals surface area contributed by atoms with Gasteiger partial charge < -0.3 is 20.1 Å². The molecule has 6 nitrogen and oxygen atoms in total. The molecule has 1 aromatic rings. The largest absolute Gasteiger partial charge is 0.495 e. The van der Waals surface area contributed by atoms with Gasteiger partial charge in [0.1, 0.15) is 11.4 Å². The van der Waals surface area contributed by atoms with Gasteiger partial charge in [-0.2, -0.15) is 0 Å². The molecule has 0 radical (unpaired) electrons. The summed E-state index contributed by atoms with van der Waals surface area (Å²) in [5.41, 5.74) is 1.08. The van der Waals surface area contributed by atoms with Gasteiger partial charge in [-0.3, -0.25) is 4.79 Å². The lowest BCUT2D eigenvalue weighted by atomic mass is 10.2. The highest BCUT2D eigenvalue weighted by Crippen LogP contribution is 2.25. The van der Waals surface area contributed by atoms with Crippen molar-refractivity contribution in [1.82, 2.24) is 5.32 Å². The van der Waals surface area contributed by atoms with E-state index in [1.807, 2.05) is 19.1 Å². The van der Waals surface area contributed by atoms with Crippen LogP contribution in [0.4, 0.5) is 10.5 Å². The standard InChI is InChI=1S/C16H24N2O4/c1-11-6-7-13(21-5)12(10-11)18-14(19)8-9-17-15(20)22-16(2,3)4/h6-7,10H,8-9H2,1-5H3,(H,17,20)(H,18,19). The minimum atomic E-state index is -0.554. The van der Waals surface area contributed by atoms with Gasteiger partial charge in [0.2, 0.25) is 5.91 Å². The molecule has 0 aliphatic rings. The summed E-state index contributed by atoms with van der Waals surface area (Å²) in [6.45, 7) is 7.48. The van der Waals surface area contributed by atoms with Crippen molar-refractivity contribution in [2.45, 2.75) is 39.7 Å². The number of amides is 2. The minimum absolute atomic E-state index is 0.149. The highest BCUT2D eigenvalue weighted by molar-refractivity contribution is 5.92. The van der Waals surface area contributed by atoms with Crippen molar-refractivity contribution >= 4 is 17.7 Å². The summed E-state index contributed by atoms with van der Waals surface area (Å²) >= 11 is 0. The third kappa shape index (κ3) is 6.47. The quantitative estimate of drug-likeness (QED) is 0.877. The van der Waals surface area contributed by atoms with Gasteiger partial charge >= 0.3 is 6.09 Å². The molecule has 22 heavy (non-hydrogen) atoms. The zero-order chi connectivity index (χ0) is 16.8. The highest BCUT2D eigenvalue weighted by Gasteiger charge is 2.16. The lowest BCUT2D eigenvalue weighted by Crippen LogP contribution is -2.34. The number of methoxy groups -OCH3 is 1. The number of ether oxygens (including phenoxy) is 2. The Balaban J connectivity index is 2.44. The monoisotopic (exact) mass is 308 g/mol. The number of hydrogen-bond acceptors (Lipinski definition) is 4. The molecule has 0 fully saturated rings. The van der Waals surface area contributed by atoms with Gasteiger partial charge in [-0.15, -0.1) is 0 Å². The average molecular weight is 308 g/mol. The topological polar surface area (TPSA) is 76.7 Å². The molecule has 0 spiro atoms. The Morgan fingerprint density at radius 1 is 1.23 bits per heavy atom. The van der Waals surface area contributed by atoms with Crippen LogP contribution in [0.25, 0.3) is 0 Å². The van der Waals surface area contributed by atoms with Crippen LogP contribution in [0.5, 0.6) is 5.75 Å². The maximum Gasteiger partial charge on any atom is 0.407 e. The second-order valence-electron chi connectivity index (χ2n) is 5.93. The summed E-state index contributed by atoms with van der Waals surface area (Å²) in [6.07, 6.45) is -0.385. The van der Waals surface area contributed by atoms with Crippen LogP contribution in [0.2, 0.25) is 0 Å². The number of carbonyl (C=O) groups excluding carboxylic acids is 2. The first-order chi connectivity index (χ1) is 10.2. The Kier molecular flexibility index (Phi) is 6.22. The Hall–Kier alpha value is -2.24. The van der Waals surface area contributed by atoms with Gasteiger partial charge in [-0.25, -0.2) is 4.79 Å². The van der Waals surface area contributed by atoms with Crippen molar-refractivity contribution in [2.24, 2.45) is 0 Å².